The number of unbranched alkanes of at least 4 members (excludes halogenated alkanes) is 1. The summed E-state index contributed by atoms with van der Waals surface area (Å²) < 4.78 is 0. The molecule has 0 fully saturated rings. The maximum absolute atomic E-state index is 11.2. The number of carbonyl (C=O) groups excluding carboxylic acids is 1. The SMILES string of the molecule is CC(CCCCN1CCc2ccccc2C1)C(=O)NO. The van der Waals surface area contributed by atoms with Crippen molar-refractivity contribution in [3.05, 3.63) is 35.4 Å². The van der Waals surface area contributed by atoms with Gasteiger partial charge in [-0.1, -0.05) is 37.6 Å². The first-order valence-electron chi connectivity index (χ1n) is 7.44. The van der Waals surface area contributed by atoms with Crippen molar-refractivity contribution >= 4 is 5.91 Å². The molecular formula is C16H24N2O2. The monoisotopic (exact) mass is 276 g/mol. The Morgan fingerprint density at radius 2 is 2.10 bits per heavy atom. The van der Waals surface area contributed by atoms with E-state index in [0.717, 1.165) is 45.3 Å². The second-order valence-corrected chi connectivity index (χ2v) is 5.67. The molecule has 2 N–H and O–H groups in total. The summed E-state index contributed by atoms with van der Waals surface area (Å²) in [5, 5.41) is 8.55. The van der Waals surface area contributed by atoms with Crippen molar-refractivity contribution in [2.24, 2.45) is 5.92 Å². The molecule has 1 unspecified atom stereocenters. The van der Waals surface area contributed by atoms with E-state index in [1.54, 1.807) is 5.48 Å². The number of carbonyl (C=O) groups is 1. The van der Waals surface area contributed by atoms with Gasteiger partial charge in [-0.15, -0.1) is 0 Å². The minimum absolute atomic E-state index is 0.109. The standard InChI is InChI=1S/C16H24N2O2/c1-13(16(19)17-20)6-4-5-10-18-11-9-14-7-2-3-8-15(14)12-18/h2-3,7-8,13,20H,4-6,9-12H2,1H3,(H,17,19). The van der Waals surface area contributed by atoms with Gasteiger partial charge in [0.25, 0.3) is 0 Å². The van der Waals surface area contributed by atoms with Gasteiger partial charge in [0.1, 0.15) is 0 Å². The Hall–Kier alpha value is -1.39. The molecule has 0 aliphatic carbocycles. The molecule has 1 aromatic carbocycles. The van der Waals surface area contributed by atoms with Crippen LogP contribution in [0.25, 0.3) is 0 Å². The molecule has 0 bridgehead atoms. The van der Waals surface area contributed by atoms with Gasteiger partial charge in [0.15, 0.2) is 0 Å². The highest BCUT2D eigenvalue weighted by atomic mass is 16.5. The molecule has 1 aromatic rings. The molecule has 1 heterocycles. The number of nitrogens with zero attached hydrogens (tertiary/aromatic N) is 1. The summed E-state index contributed by atoms with van der Waals surface area (Å²) >= 11 is 0. The van der Waals surface area contributed by atoms with E-state index in [4.69, 9.17) is 5.21 Å². The Balaban J connectivity index is 1.68. The van der Waals surface area contributed by atoms with Crippen LogP contribution in [-0.2, 0) is 17.8 Å². The van der Waals surface area contributed by atoms with Crippen LogP contribution in [0.1, 0.15) is 37.3 Å². The third-order valence-electron chi connectivity index (χ3n) is 4.13. The Morgan fingerprint density at radius 1 is 1.35 bits per heavy atom. The van der Waals surface area contributed by atoms with Crippen molar-refractivity contribution in [1.82, 2.24) is 10.4 Å². The smallest absolute Gasteiger partial charge is 0.246 e. The maximum atomic E-state index is 11.2. The summed E-state index contributed by atoms with van der Waals surface area (Å²) in [5.41, 5.74) is 4.65. The number of hydroxylamine groups is 1. The van der Waals surface area contributed by atoms with Gasteiger partial charge in [0.05, 0.1) is 0 Å². The molecule has 1 aliphatic rings. The average Bonchev–Trinajstić information content (AvgIpc) is 2.50. The van der Waals surface area contributed by atoms with Crippen LogP contribution in [0, 0.1) is 5.92 Å². The zero-order chi connectivity index (χ0) is 14.4. The van der Waals surface area contributed by atoms with Crippen LogP contribution in [-0.4, -0.2) is 29.1 Å². The molecule has 2 rings (SSSR count). The van der Waals surface area contributed by atoms with Crippen LogP contribution in [0.15, 0.2) is 24.3 Å². The minimum Gasteiger partial charge on any atom is -0.299 e. The van der Waals surface area contributed by atoms with Crippen molar-refractivity contribution < 1.29 is 10.0 Å². The second kappa shape index (κ2) is 7.41. The number of hydrogen-bond acceptors (Lipinski definition) is 3. The van der Waals surface area contributed by atoms with Crippen LogP contribution in [0.3, 0.4) is 0 Å². The molecule has 1 aliphatic heterocycles. The van der Waals surface area contributed by atoms with Gasteiger partial charge >= 0.3 is 0 Å². The first-order valence-corrected chi connectivity index (χ1v) is 7.44. The van der Waals surface area contributed by atoms with Gasteiger partial charge in [0, 0.05) is 19.0 Å². The van der Waals surface area contributed by atoms with Gasteiger partial charge in [-0.2, -0.15) is 0 Å². The summed E-state index contributed by atoms with van der Waals surface area (Å²) in [5.74, 6) is -0.390. The fraction of sp³-hybridized carbons (Fsp3) is 0.562. The number of fused-ring (bicyclic) bond motifs is 1. The molecule has 4 nitrogen and oxygen atoms in total. The van der Waals surface area contributed by atoms with Crippen molar-refractivity contribution in [1.29, 1.82) is 0 Å². The summed E-state index contributed by atoms with van der Waals surface area (Å²) in [7, 11) is 0. The highest BCUT2D eigenvalue weighted by Crippen LogP contribution is 2.19. The summed E-state index contributed by atoms with van der Waals surface area (Å²) in [6, 6.07) is 8.66. The average molecular weight is 276 g/mol. The highest BCUT2D eigenvalue weighted by Gasteiger charge is 2.15. The summed E-state index contributed by atoms with van der Waals surface area (Å²) in [6.45, 7) is 5.11. The van der Waals surface area contributed by atoms with Gasteiger partial charge in [-0.25, -0.2) is 5.48 Å². The fourth-order valence-electron chi connectivity index (χ4n) is 2.77. The molecule has 0 spiro atoms. The van der Waals surface area contributed by atoms with E-state index in [1.807, 2.05) is 6.92 Å². The molecule has 0 radical (unpaired) electrons. The first-order chi connectivity index (χ1) is 9.70. The zero-order valence-electron chi connectivity index (χ0n) is 12.1. The van der Waals surface area contributed by atoms with E-state index < -0.39 is 0 Å². The molecule has 1 atom stereocenters. The van der Waals surface area contributed by atoms with E-state index in [2.05, 4.69) is 29.2 Å². The van der Waals surface area contributed by atoms with Gasteiger partial charge in [-0.3, -0.25) is 14.9 Å². The van der Waals surface area contributed by atoms with Crippen molar-refractivity contribution in [2.45, 2.75) is 39.2 Å². The van der Waals surface area contributed by atoms with E-state index in [-0.39, 0.29) is 11.8 Å². The maximum Gasteiger partial charge on any atom is 0.246 e. The Morgan fingerprint density at radius 3 is 2.85 bits per heavy atom. The van der Waals surface area contributed by atoms with Crippen LogP contribution in [0.5, 0.6) is 0 Å². The fourth-order valence-corrected chi connectivity index (χ4v) is 2.77. The lowest BCUT2D eigenvalue weighted by atomic mass is 9.99. The quantitative estimate of drug-likeness (QED) is 0.476. The van der Waals surface area contributed by atoms with Crippen molar-refractivity contribution in [2.75, 3.05) is 13.1 Å². The Kier molecular flexibility index (Phi) is 5.56. The molecule has 0 aromatic heterocycles. The van der Waals surface area contributed by atoms with Gasteiger partial charge in [-0.05, 0) is 36.9 Å². The molecular weight excluding hydrogens is 252 g/mol. The van der Waals surface area contributed by atoms with Crippen LogP contribution in [0.2, 0.25) is 0 Å². The number of rotatable bonds is 6. The third kappa shape index (κ3) is 4.05. The van der Waals surface area contributed by atoms with Crippen molar-refractivity contribution in [3.63, 3.8) is 0 Å². The normalized spacial score (nSPS) is 16.5. The molecule has 0 saturated heterocycles. The Bertz CT molecular complexity index is 448. The van der Waals surface area contributed by atoms with E-state index >= 15 is 0 Å². The van der Waals surface area contributed by atoms with Crippen LogP contribution >= 0.6 is 0 Å². The number of hydrogen-bond donors (Lipinski definition) is 2. The van der Waals surface area contributed by atoms with Gasteiger partial charge < -0.3 is 0 Å². The highest BCUT2D eigenvalue weighted by molar-refractivity contribution is 5.76. The minimum atomic E-state index is -0.281. The predicted molar refractivity (Wildman–Crippen MR) is 78.4 cm³/mol. The van der Waals surface area contributed by atoms with Crippen LogP contribution in [0.4, 0.5) is 0 Å². The predicted octanol–water partition coefficient (Wildman–Crippen LogP) is 2.36. The van der Waals surface area contributed by atoms with Crippen LogP contribution < -0.4 is 5.48 Å². The number of benzene rings is 1. The van der Waals surface area contributed by atoms with E-state index in [1.165, 1.54) is 11.1 Å². The molecule has 4 heteroatoms. The molecule has 20 heavy (non-hydrogen) atoms. The topological polar surface area (TPSA) is 52.6 Å². The molecule has 1 amide bonds. The Labute approximate surface area is 120 Å². The van der Waals surface area contributed by atoms with E-state index in [0.29, 0.717) is 0 Å². The lowest BCUT2D eigenvalue weighted by molar-refractivity contribution is -0.133. The van der Waals surface area contributed by atoms with Crippen molar-refractivity contribution in [3.8, 4) is 0 Å². The summed E-state index contributed by atoms with van der Waals surface area (Å²) in [6.07, 6.45) is 4.09. The molecule has 0 saturated carbocycles. The number of amides is 1. The number of nitrogens with one attached hydrogen (secondary N) is 1. The lowest BCUT2D eigenvalue weighted by Crippen LogP contribution is -2.31. The van der Waals surface area contributed by atoms with E-state index in [9.17, 15) is 4.79 Å². The largest absolute Gasteiger partial charge is 0.299 e. The zero-order valence-corrected chi connectivity index (χ0v) is 12.1. The lowest BCUT2D eigenvalue weighted by Gasteiger charge is -2.28. The third-order valence-corrected chi connectivity index (χ3v) is 4.13. The second-order valence-electron chi connectivity index (χ2n) is 5.67. The van der Waals surface area contributed by atoms with Gasteiger partial charge in [0.2, 0.25) is 5.91 Å². The molecule has 110 valence electrons. The summed E-state index contributed by atoms with van der Waals surface area (Å²) in [4.78, 5) is 13.7. The first kappa shape index (κ1) is 15.0.